The average molecular weight is 599 g/mol. The highest BCUT2D eigenvalue weighted by Gasteiger charge is 2.60. The van der Waals surface area contributed by atoms with Gasteiger partial charge in [-0.05, 0) is 29.8 Å². The van der Waals surface area contributed by atoms with Crippen molar-refractivity contribution < 1.29 is 38.7 Å². The van der Waals surface area contributed by atoms with Crippen LogP contribution in [0.25, 0.3) is 0 Å². The fourth-order valence-corrected chi connectivity index (χ4v) is 5.29. The second kappa shape index (κ2) is 13.5. The van der Waals surface area contributed by atoms with Gasteiger partial charge in [0.1, 0.15) is 18.3 Å². The number of benzene rings is 3. The summed E-state index contributed by atoms with van der Waals surface area (Å²) in [6.07, 6.45) is -5.22. The van der Waals surface area contributed by atoms with Crippen molar-refractivity contribution >= 4 is 34.7 Å². The Kier molecular flexibility index (Phi) is 9.79. The highest BCUT2D eigenvalue weighted by molar-refractivity contribution is 7.80. The number of ether oxygens (including phenoxy) is 5. The van der Waals surface area contributed by atoms with Gasteiger partial charge in [0, 0.05) is 28.3 Å². The molecule has 41 heavy (non-hydrogen) atoms. The van der Waals surface area contributed by atoms with Crippen LogP contribution in [0.3, 0.4) is 0 Å². The lowest BCUT2D eigenvalue weighted by atomic mass is 9.83. The van der Waals surface area contributed by atoms with E-state index in [0.717, 1.165) is 16.0 Å². The predicted octanol–water partition coefficient (Wildman–Crippen LogP) is 4.64. The number of esters is 1. The fourth-order valence-electron chi connectivity index (χ4n) is 4.95. The lowest BCUT2D eigenvalue weighted by Crippen LogP contribution is -2.70. The van der Waals surface area contributed by atoms with Crippen LogP contribution >= 0.6 is 23.8 Å². The van der Waals surface area contributed by atoms with Gasteiger partial charge >= 0.3 is 5.97 Å². The summed E-state index contributed by atoms with van der Waals surface area (Å²) in [5.74, 6) is -0.765. The summed E-state index contributed by atoms with van der Waals surface area (Å²) >= 11 is 11.5. The minimum atomic E-state index is -1.89. The van der Waals surface area contributed by atoms with Crippen LogP contribution in [0.5, 0.6) is 0 Å². The van der Waals surface area contributed by atoms with Crippen molar-refractivity contribution in [1.82, 2.24) is 0 Å². The Morgan fingerprint density at radius 1 is 0.927 bits per heavy atom. The van der Waals surface area contributed by atoms with Crippen LogP contribution in [0.2, 0.25) is 5.02 Å². The van der Waals surface area contributed by atoms with Gasteiger partial charge in [-0.2, -0.15) is 0 Å². The Morgan fingerprint density at radius 3 is 2.32 bits per heavy atom. The third kappa shape index (κ3) is 6.85. The number of aliphatic hydroxyl groups excluding tert-OH is 2. The van der Waals surface area contributed by atoms with E-state index in [2.05, 4.69) is 0 Å². The van der Waals surface area contributed by atoms with E-state index in [1.807, 2.05) is 60.7 Å². The normalized spacial score (nSPS) is 27.5. The molecule has 0 aliphatic carbocycles. The van der Waals surface area contributed by atoms with Gasteiger partial charge in [0.05, 0.1) is 25.4 Å². The number of rotatable bonds is 10. The number of carbonyl (C=O) groups is 1. The predicted molar refractivity (Wildman–Crippen MR) is 155 cm³/mol. The van der Waals surface area contributed by atoms with Crippen LogP contribution in [0.1, 0.15) is 40.6 Å². The first-order chi connectivity index (χ1) is 19.9. The van der Waals surface area contributed by atoms with Crippen LogP contribution in [-0.4, -0.2) is 71.1 Å². The van der Waals surface area contributed by atoms with Crippen LogP contribution in [-0.2, 0) is 23.7 Å². The maximum Gasteiger partial charge on any atom is 0.338 e. The molecule has 5 rings (SSSR count). The molecule has 3 aromatic carbocycles. The van der Waals surface area contributed by atoms with Crippen LogP contribution in [0.4, 0.5) is 0 Å². The lowest BCUT2D eigenvalue weighted by Gasteiger charge is -2.52. The van der Waals surface area contributed by atoms with Crippen LogP contribution in [0, 0.1) is 0 Å². The highest BCUT2D eigenvalue weighted by atomic mass is 35.5. The van der Waals surface area contributed by atoms with Gasteiger partial charge in [-0.1, -0.05) is 84.5 Å². The number of thiocarbonyl (C=S) groups is 1. The minimum absolute atomic E-state index is 0.0405. The number of halogens is 1. The maximum absolute atomic E-state index is 13.2. The van der Waals surface area contributed by atoms with Crippen molar-refractivity contribution in [1.29, 1.82) is 0 Å². The second-order valence-corrected chi connectivity index (χ2v) is 10.8. The van der Waals surface area contributed by atoms with Gasteiger partial charge in [0.25, 0.3) is 0 Å². The molecule has 0 saturated carbocycles. The summed E-state index contributed by atoms with van der Waals surface area (Å²) < 4.78 is 29.5. The van der Waals surface area contributed by atoms with E-state index >= 15 is 0 Å². The van der Waals surface area contributed by atoms with Crippen molar-refractivity contribution in [2.45, 2.75) is 49.3 Å². The topological polar surface area (TPSA) is 104 Å². The molecule has 2 saturated heterocycles. The van der Waals surface area contributed by atoms with Crippen molar-refractivity contribution in [2.75, 3.05) is 19.8 Å². The number of fused-ring (bicyclic) bond motifs is 1. The van der Waals surface area contributed by atoms with E-state index in [0.29, 0.717) is 18.1 Å². The Morgan fingerprint density at radius 2 is 1.61 bits per heavy atom. The molecule has 1 unspecified atom stereocenters. The Hall–Kier alpha value is -2.73. The maximum atomic E-state index is 13.2. The molecule has 2 fully saturated rings. The smallest absolute Gasteiger partial charge is 0.338 e. The molecule has 0 bridgehead atoms. The molecule has 216 valence electrons. The van der Waals surface area contributed by atoms with E-state index in [4.69, 9.17) is 47.5 Å². The summed E-state index contributed by atoms with van der Waals surface area (Å²) in [6.45, 7) is 0.403. The van der Waals surface area contributed by atoms with Crippen LogP contribution in [0.15, 0.2) is 84.9 Å². The van der Waals surface area contributed by atoms with Gasteiger partial charge in [0.2, 0.25) is 0 Å². The zero-order valence-electron chi connectivity index (χ0n) is 22.1. The Balaban J connectivity index is 1.32. The first-order valence-corrected chi connectivity index (χ1v) is 14.1. The van der Waals surface area contributed by atoms with Gasteiger partial charge in [-0.25, -0.2) is 4.79 Å². The van der Waals surface area contributed by atoms with Gasteiger partial charge < -0.3 is 33.9 Å². The number of carbonyl (C=O) groups excluding carboxylic acids is 1. The molecular weight excluding hydrogens is 568 g/mol. The molecule has 2 N–H and O–H groups in total. The molecule has 8 nitrogen and oxygen atoms in total. The zero-order valence-corrected chi connectivity index (χ0v) is 23.7. The number of hydrogen-bond acceptors (Lipinski definition) is 9. The molecule has 3 aromatic rings. The summed E-state index contributed by atoms with van der Waals surface area (Å²) in [5, 5.41) is 23.3. The van der Waals surface area contributed by atoms with Crippen molar-refractivity contribution in [3.8, 4) is 0 Å². The quantitative estimate of drug-likeness (QED) is 0.149. The minimum Gasteiger partial charge on any atom is -0.447 e. The van der Waals surface area contributed by atoms with Gasteiger partial charge in [-0.3, -0.25) is 0 Å². The fraction of sp³-hybridized carbons (Fsp3) is 0.355. The van der Waals surface area contributed by atoms with Crippen molar-refractivity contribution in [3.63, 3.8) is 0 Å². The Labute approximate surface area is 248 Å². The number of hydrogen-bond donors (Lipinski definition) is 2. The number of aliphatic hydroxyl groups is 2. The van der Waals surface area contributed by atoms with E-state index in [9.17, 15) is 15.0 Å². The molecule has 2 aliphatic rings. The molecule has 6 atom stereocenters. The third-order valence-electron chi connectivity index (χ3n) is 7.23. The first-order valence-electron chi connectivity index (χ1n) is 13.4. The monoisotopic (exact) mass is 598 g/mol. The van der Waals surface area contributed by atoms with E-state index in [-0.39, 0.29) is 25.2 Å². The average Bonchev–Trinajstić information content (AvgIpc) is 3.00. The lowest BCUT2D eigenvalue weighted by molar-refractivity contribution is -0.380. The first kappa shape index (κ1) is 29.8. The standard InChI is InChI=1S/C31H31ClO8S/c32-23-13-11-21(12-14-23)28(34)40-31(16-18-36-17-15-25(41)20-7-3-1-4-8-20)27(33)26-24(38-30(31)35)19-37-29(39-26)22-9-5-2-6-10-22/h1-14,24,26-27,29-30,33,35H,15-19H2/t24-,26+,27+,29?,30-,31-/m1/s1. The summed E-state index contributed by atoms with van der Waals surface area (Å²) in [4.78, 5) is 14.0. The largest absolute Gasteiger partial charge is 0.447 e. The summed E-state index contributed by atoms with van der Waals surface area (Å²) in [7, 11) is 0. The molecule has 10 heteroatoms. The molecule has 2 aliphatic heterocycles. The van der Waals surface area contributed by atoms with Gasteiger partial charge in [0.15, 0.2) is 18.2 Å². The summed E-state index contributed by atoms with van der Waals surface area (Å²) in [5.41, 5.74) is 0.00282. The SMILES string of the molecule is O=C(O[C@@]1(CCOCCC(=S)c2ccccc2)[C@H](O)O[C@@H]2COC(c3ccccc3)O[C@@H]2[C@@H]1O)c1ccc(Cl)cc1. The molecule has 0 amide bonds. The van der Waals surface area contributed by atoms with Crippen LogP contribution < -0.4 is 0 Å². The highest BCUT2D eigenvalue weighted by Crippen LogP contribution is 2.41. The molecule has 0 aromatic heterocycles. The molecular formula is C31H31ClO8S. The summed E-state index contributed by atoms with van der Waals surface area (Å²) in [6, 6.07) is 25.0. The van der Waals surface area contributed by atoms with Gasteiger partial charge in [-0.15, -0.1) is 0 Å². The van der Waals surface area contributed by atoms with Crippen molar-refractivity contribution in [3.05, 3.63) is 107 Å². The third-order valence-corrected chi connectivity index (χ3v) is 7.93. The van der Waals surface area contributed by atoms with Crippen molar-refractivity contribution in [2.24, 2.45) is 0 Å². The molecule has 2 heterocycles. The molecule has 0 radical (unpaired) electrons. The zero-order chi connectivity index (χ0) is 28.8. The van der Waals surface area contributed by atoms with E-state index in [1.165, 1.54) is 12.1 Å². The molecule has 0 spiro atoms. The Bertz CT molecular complexity index is 1310. The van der Waals surface area contributed by atoms with E-state index in [1.54, 1.807) is 12.1 Å². The second-order valence-electron chi connectivity index (χ2n) is 9.90. The van der Waals surface area contributed by atoms with E-state index < -0.39 is 42.5 Å².